The van der Waals surface area contributed by atoms with Gasteiger partial charge in [0.25, 0.3) is 6.43 Å². The molecule has 0 radical (unpaired) electrons. The van der Waals surface area contributed by atoms with Crippen LogP contribution in [-0.2, 0) is 9.47 Å². The van der Waals surface area contributed by atoms with E-state index in [2.05, 4.69) is 5.32 Å². The zero-order valence-electron chi connectivity index (χ0n) is 9.53. The first-order chi connectivity index (χ1) is 7.60. The smallest absolute Gasteiger partial charge is 0.265 e. The van der Waals surface area contributed by atoms with Crippen LogP contribution < -0.4 is 5.32 Å². The molecule has 16 heavy (non-hydrogen) atoms. The second-order valence-corrected chi connectivity index (χ2v) is 3.85. The van der Waals surface area contributed by atoms with Crippen molar-refractivity contribution in [2.24, 2.45) is 0 Å². The van der Waals surface area contributed by atoms with Crippen molar-refractivity contribution in [2.75, 3.05) is 20.3 Å². The Balaban J connectivity index is 2.24. The van der Waals surface area contributed by atoms with Crippen molar-refractivity contribution >= 4 is 0 Å². The quantitative estimate of drug-likeness (QED) is 0.675. The van der Waals surface area contributed by atoms with Gasteiger partial charge in [0.2, 0.25) is 0 Å². The maximum absolute atomic E-state index is 12.0. The minimum absolute atomic E-state index is 0.0186. The third-order valence-electron chi connectivity index (χ3n) is 2.78. The fraction of sp³-hybridized carbons (Fsp3) is 1.00. The van der Waals surface area contributed by atoms with E-state index in [0.29, 0.717) is 6.61 Å². The maximum Gasteiger partial charge on any atom is 0.265 e. The lowest BCUT2D eigenvalue weighted by Gasteiger charge is -2.43. The first-order valence-corrected chi connectivity index (χ1v) is 5.44. The van der Waals surface area contributed by atoms with Crippen molar-refractivity contribution in [1.82, 2.24) is 5.32 Å². The standard InChI is InChI=1S/C10H19F2NO3/c1-3-16-8-4-6(9(8)15-2)13-5-7(14)10(11)12/h6-10,13-14H,3-5H2,1-2H3. The van der Waals surface area contributed by atoms with Crippen LogP contribution in [0.15, 0.2) is 0 Å². The molecular formula is C10H19F2NO3. The highest BCUT2D eigenvalue weighted by Gasteiger charge is 2.42. The lowest BCUT2D eigenvalue weighted by molar-refractivity contribution is -0.133. The third-order valence-corrected chi connectivity index (χ3v) is 2.78. The van der Waals surface area contributed by atoms with Gasteiger partial charge in [-0.3, -0.25) is 0 Å². The van der Waals surface area contributed by atoms with Crippen LogP contribution in [0.1, 0.15) is 13.3 Å². The van der Waals surface area contributed by atoms with Crippen LogP contribution in [0.5, 0.6) is 0 Å². The molecule has 1 aliphatic rings. The Kier molecular flexibility index (Phi) is 5.54. The van der Waals surface area contributed by atoms with Crippen LogP contribution in [0.4, 0.5) is 8.78 Å². The molecule has 6 heteroatoms. The van der Waals surface area contributed by atoms with Crippen molar-refractivity contribution in [1.29, 1.82) is 0 Å². The van der Waals surface area contributed by atoms with Gasteiger partial charge in [0.15, 0.2) is 0 Å². The fourth-order valence-electron chi connectivity index (χ4n) is 1.84. The monoisotopic (exact) mass is 239 g/mol. The number of aliphatic hydroxyl groups is 1. The normalized spacial score (nSPS) is 31.5. The average molecular weight is 239 g/mol. The summed E-state index contributed by atoms with van der Waals surface area (Å²) in [5, 5.41) is 11.8. The number of rotatable bonds is 7. The Hall–Kier alpha value is -0.300. The van der Waals surface area contributed by atoms with Gasteiger partial charge in [0.05, 0.1) is 12.2 Å². The Morgan fingerprint density at radius 1 is 1.50 bits per heavy atom. The van der Waals surface area contributed by atoms with Crippen molar-refractivity contribution in [2.45, 2.75) is 44.1 Å². The van der Waals surface area contributed by atoms with Crippen LogP contribution >= 0.6 is 0 Å². The number of methoxy groups -OCH3 is 1. The van der Waals surface area contributed by atoms with Crippen LogP contribution in [0.25, 0.3) is 0 Å². The van der Waals surface area contributed by atoms with Gasteiger partial charge in [-0.05, 0) is 13.3 Å². The molecule has 0 bridgehead atoms. The molecule has 1 saturated carbocycles. The second-order valence-electron chi connectivity index (χ2n) is 3.85. The summed E-state index contributed by atoms with van der Waals surface area (Å²) in [5.41, 5.74) is 0. The van der Waals surface area contributed by atoms with E-state index in [1.165, 1.54) is 0 Å². The molecule has 1 fully saturated rings. The summed E-state index contributed by atoms with van der Waals surface area (Å²) >= 11 is 0. The van der Waals surface area contributed by atoms with Gasteiger partial charge < -0.3 is 19.9 Å². The third kappa shape index (κ3) is 3.35. The van der Waals surface area contributed by atoms with Gasteiger partial charge in [-0.1, -0.05) is 0 Å². The van der Waals surface area contributed by atoms with E-state index in [-0.39, 0.29) is 24.8 Å². The highest BCUT2D eigenvalue weighted by atomic mass is 19.3. The SMILES string of the molecule is CCOC1CC(NCC(O)C(F)F)C1OC. The molecule has 4 unspecified atom stereocenters. The summed E-state index contributed by atoms with van der Waals surface area (Å²) in [4.78, 5) is 0. The summed E-state index contributed by atoms with van der Waals surface area (Å²) in [6.45, 7) is 2.38. The van der Waals surface area contributed by atoms with Crippen LogP contribution in [-0.4, -0.2) is 56.1 Å². The van der Waals surface area contributed by atoms with E-state index >= 15 is 0 Å². The molecular weight excluding hydrogens is 220 g/mol. The summed E-state index contributed by atoms with van der Waals surface area (Å²) in [6, 6.07) is -0.0186. The summed E-state index contributed by atoms with van der Waals surface area (Å²) in [7, 11) is 1.56. The molecule has 0 saturated heterocycles. The summed E-state index contributed by atoms with van der Waals surface area (Å²) < 4.78 is 34.7. The van der Waals surface area contributed by atoms with Gasteiger partial charge in [-0.2, -0.15) is 0 Å². The first kappa shape index (κ1) is 13.8. The molecule has 0 aliphatic heterocycles. The largest absolute Gasteiger partial charge is 0.386 e. The Morgan fingerprint density at radius 3 is 2.69 bits per heavy atom. The predicted octanol–water partition coefficient (Wildman–Crippen LogP) is 0.394. The topological polar surface area (TPSA) is 50.7 Å². The molecule has 0 heterocycles. The first-order valence-electron chi connectivity index (χ1n) is 5.44. The highest BCUT2D eigenvalue weighted by Crippen LogP contribution is 2.26. The number of aliphatic hydroxyl groups excluding tert-OH is 1. The van der Waals surface area contributed by atoms with Gasteiger partial charge in [-0.15, -0.1) is 0 Å². The summed E-state index contributed by atoms with van der Waals surface area (Å²) in [5.74, 6) is 0. The minimum atomic E-state index is -2.71. The minimum Gasteiger partial charge on any atom is -0.386 e. The van der Waals surface area contributed by atoms with E-state index in [9.17, 15) is 8.78 Å². The van der Waals surface area contributed by atoms with Crippen LogP contribution in [0, 0.1) is 0 Å². The molecule has 2 N–H and O–H groups in total. The Morgan fingerprint density at radius 2 is 2.19 bits per heavy atom. The van der Waals surface area contributed by atoms with E-state index in [4.69, 9.17) is 14.6 Å². The number of nitrogens with one attached hydrogen (secondary N) is 1. The van der Waals surface area contributed by atoms with Crippen molar-refractivity contribution in [3.63, 3.8) is 0 Å². The van der Waals surface area contributed by atoms with Crippen molar-refractivity contribution in [3.8, 4) is 0 Å². The molecule has 1 rings (SSSR count). The van der Waals surface area contributed by atoms with E-state index in [1.54, 1.807) is 7.11 Å². The van der Waals surface area contributed by atoms with Gasteiger partial charge in [0, 0.05) is 26.3 Å². The number of ether oxygens (including phenoxy) is 2. The maximum atomic E-state index is 12.0. The van der Waals surface area contributed by atoms with E-state index < -0.39 is 12.5 Å². The van der Waals surface area contributed by atoms with Gasteiger partial charge in [0.1, 0.15) is 6.10 Å². The zero-order chi connectivity index (χ0) is 12.1. The summed E-state index contributed by atoms with van der Waals surface area (Å²) in [6.07, 6.45) is -3.71. The Labute approximate surface area is 93.9 Å². The van der Waals surface area contributed by atoms with E-state index in [0.717, 1.165) is 6.42 Å². The predicted molar refractivity (Wildman–Crippen MR) is 54.6 cm³/mol. The van der Waals surface area contributed by atoms with Crippen LogP contribution in [0.2, 0.25) is 0 Å². The molecule has 1 aliphatic carbocycles. The second kappa shape index (κ2) is 6.44. The molecule has 0 amide bonds. The fourth-order valence-corrected chi connectivity index (χ4v) is 1.84. The molecule has 0 aromatic heterocycles. The van der Waals surface area contributed by atoms with Crippen molar-refractivity contribution in [3.05, 3.63) is 0 Å². The van der Waals surface area contributed by atoms with E-state index in [1.807, 2.05) is 6.92 Å². The van der Waals surface area contributed by atoms with Gasteiger partial charge in [-0.25, -0.2) is 8.78 Å². The number of hydrogen-bond acceptors (Lipinski definition) is 4. The molecule has 4 nitrogen and oxygen atoms in total. The molecule has 4 atom stereocenters. The molecule has 0 aromatic rings. The molecule has 0 spiro atoms. The van der Waals surface area contributed by atoms with Gasteiger partial charge >= 0.3 is 0 Å². The Bertz CT molecular complexity index is 207. The average Bonchev–Trinajstić information content (AvgIpc) is 2.22. The highest BCUT2D eigenvalue weighted by molar-refractivity contribution is 4.97. The number of hydrogen-bond donors (Lipinski definition) is 2. The van der Waals surface area contributed by atoms with Crippen LogP contribution in [0.3, 0.4) is 0 Å². The number of alkyl halides is 2. The molecule has 0 aromatic carbocycles. The lowest BCUT2D eigenvalue weighted by Crippen LogP contribution is -2.61. The molecule has 96 valence electrons. The number of halogens is 2. The lowest BCUT2D eigenvalue weighted by atomic mass is 9.85. The zero-order valence-corrected chi connectivity index (χ0v) is 9.53. The van der Waals surface area contributed by atoms with Crippen molar-refractivity contribution < 1.29 is 23.4 Å².